The zero-order chi connectivity index (χ0) is 12.0. The van der Waals surface area contributed by atoms with Gasteiger partial charge in [0.1, 0.15) is 5.75 Å². The third-order valence-corrected chi connectivity index (χ3v) is 3.29. The van der Waals surface area contributed by atoms with Crippen LogP contribution in [0.3, 0.4) is 0 Å². The van der Waals surface area contributed by atoms with Crippen molar-refractivity contribution < 1.29 is 4.74 Å². The maximum absolute atomic E-state index is 6.20. The predicted molar refractivity (Wildman–Crippen MR) is 68.6 cm³/mol. The smallest absolute Gasteiger partial charge is 0.118 e. The number of rotatable bonds is 6. The Morgan fingerprint density at radius 2 is 1.69 bits per heavy atom. The van der Waals surface area contributed by atoms with Gasteiger partial charge in [-0.05, 0) is 30.0 Å². The summed E-state index contributed by atoms with van der Waals surface area (Å²) in [6.07, 6.45) is 3.49. The summed E-state index contributed by atoms with van der Waals surface area (Å²) in [5.41, 5.74) is 7.40. The lowest BCUT2D eigenvalue weighted by Crippen LogP contribution is -2.14. The van der Waals surface area contributed by atoms with E-state index in [1.807, 2.05) is 12.1 Å². The molecular weight excluding hydrogens is 198 g/mol. The summed E-state index contributed by atoms with van der Waals surface area (Å²) in [5, 5.41) is 0. The minimum absolute atomic E-state index is 0.149. The Morgan fingerprint density at radius 3 is 2.12 bits per heavy atom. The fraction of sp³-hybridized carbons (Fsp3) is 0.571. The van der Waals surface area contributed by atoms with Crippen molar-refractivity contribution in [1.29, 1.82) is 0 Å². The molecule has 0 aliphatic heterocycles. The summed E-state index contributed by atoms with van der Waals surface area (Å²) in [4.78, 5) is 0. The normalized spacial score (nSPS) is 12.8. The van der Waals surface area contributed by atoms with Crippen LogP contribution in [-0.4, -0.2) is 7.11 Å². The molecule has 1 aromatic carbocycles. The predicted octanol–water partition coefficient (Wildman–Crippen LogP) is 3.52. The van der Waals surface area contributed by atoms with Crippen LogP contribution in [0, 0.1) is 5.92 Å². The quantitative estimate of drug-likeness (QED) is 0.797. The highest BCUT2D eigenvalue weighted by atomic mass is 16.5. The third kappa shape index (κ3) is 3.53. The van der Waals surface area contributed by atoms with Gasteiger partial charge in [0.15, 0.2) is 0 Å². The van der Waals surface area contributed by atoms with Crippen molar-refractivity contribution in [2.24, 2.45) is 11.7 Å². The SMILES string of the molecule is CCC(CC)CC(N)c1ccc(OC)cc1. The number of hydrogen-bond donors (Lipinski definition) is 1. The minimum Gasteiger partial charge on any atom is -0.497 e. The fourth-order valence-corrected chi connectivity index (χ4v) is 1.97. The Balaban J connectivity index is 2.61. The molecule has 0 aliphatic carbocycles. The van der Waals surface area contributed by atoms with Gasteiger partial charge >= 0.3 is 0 Å². The van der Waals surface area contributed by atoms with Crippen molar-refractivity contribution >= 4 is 0 Å². The van der Waals surface area contributed by atoms with E-state index in [9.17, 15) is 0 Å². The summed E-state index contributed by atoms with van der Waals surface area (Å²) in [5.74, 6) is 1.62. The number of ether oxygens (including phenoxy) is 1. The number of methoxy groups -OCH3 is 1. The maximum Gasteiger partial charge on any atom is 0.118 e. The van der Waals surface area contributed by atoms with Crippen LogP contribution in [0.1, 0.15) is 44.7 Å². The van der Waals surface area contributed by atoms with E-state index in [4.69, 9.17) is 10.5 Å². The lowest BCUT2D eigenvalue weighted by molar-refractivity contribution is 0.409. The van der Waals surface area contributed by atoms with E-state index < -0.39 is 0 Å². The molecule has 0 amide bonds. The monoisotopic (exact) mass is 221 g/mol. The molecule has 0 aliphatic rings. The Labute approximate surface area is 98.8 Å². The minimum atomic E-state index is 0.149. The van der Waals surface area contributed by atoms with Crippen molar-refractivity contribution in [2.45, 2.75) is 39.2 Å². The number of nitrogens with two attached hydrogens (primary N) is 1. The lowest BCUT2D eigenvalue weighted by atomic mass is 9.92. The van der Waals surface area contributed by atoms with Crippen molar-refractivity contribution in [3.63, 3.8) is 0 Å². The molecule has 2 heteroatoms. The molecule has 2 nitrogen and oxygen atoms in total. The second kappa shape index (κ2) is 6.54. The zero-order valence-corrected chi connectivity index (χ0v) is 10.6. The highest BCUT2D eigenvalue weighted by molar-refractivity contribution is 5.28. The zero-order valence-electron chi connectivity index (χ0n) is 10.6. The van der Waals surface area contributed by atoms with Gasteiger partial charge in [0.05, 0.1) is 7.11 Å². The highest BCUT2D eigenvalue weighted by Gasteiger charge is 2.11. The Bertz CT molecular complexity index is 290. The first kappa shape index (κ1) is 13.0. The standard InChI is InChI=1S/C14H23NO/c1-4-11(5-2)10-14(15)12-6-8-13(16-3)9-7-12/h6-9,11,14H,4-5,10,15H2,1-3H3. The Morgan fingerprint density at radius 1 is 1.12 bits per heavy atom. The first-order valence-corrected chi connectivity index (χ1v) is 6.10. The largest absolute Gasteiger partial charge is 0.497 e. The van der Waals surface area contributed by atoms with Crippen LogP contribution >= 0.6 is 0 Å². The molecule has 0 radical (unpaired) electrons. The van der Waals surface area contributed by atoms with E-state index in [1.54, 1.807) is 7.11 Å². The van der Waals surface area contributed by atoms with Crippen LogP contribution in [-0.2, 0) is 0 Å². The van der Waals surface area contributed by atoms with Crippen LogP contribution in [0.15, 0.2) is 24.3 Å². The van der Waals surface area contributed by atoms with Crippen molar-refractivity contribution in [3.05, 3.63) is 29.8 Å². The van der Waals surface area contributed by atoms with E-state index in [0.29, 0.717) is 0 Å². The summed E-state index contributed by atoms with van der Waals surface area (Å²) < 4.78 is 5.13. The van der Waals surface area contributed by atoms with Gasteiger partial charge in [0, 0.05) is 6.04 Å². The van der Waals surface area contributed by atoms with Gasteiger partial charge in [-0.25, -0.2) is 0 Å². The Kier molecular flexibility index (Phi) is 5.33. The molecule has 0 bridgehead atoms. The van der Waals surface area contributed by atoms with Crippen molar-refractivity contribution in [2.75, 3.05) is 7.11 Å². The van der Waals surface area contributed by atoms with E-state index >= 15 is 0 Å². The van der Waals surface area contributed by atoms with Crippen LogP contribution < -0.4 is 10.5 Å². The van der Waals surface area contributed by atoms with Crippen LogP contribution in [0.5, 0.6) is 5.75 Å². The second-order valence-corrected chi connectivity index (χ2v) is 4.30. The molecule has 1 rings (SSSR count). The second-order valence-electron chi connectivity index (χ2n) is 4.30. The van der Waals surface area contributed by atoms with Gasteiger partial charge in [0.2, 0.25) is 0 Å². The number of benzene rings is 1. The van der Waals surface area contributed by atoms with Crippen molar-refractivity contribution in [1.82, 2.24) is 0 Å². The molecule has 0 spiro atoms. The topological polar surface area (TPSA) is 35.2 Å². The van der Waals surface area contributed by atoms with E-state index in [0.717, 1.165) is 18.1 Å². The highest BCUT2D eigenvalue weighted by Crippen LogP contribution is 2.24. The van der Waals surface area contributed by atoms with Crippen LogP contribution in [0.4, 0.5) is 0 Å². The van der Waals surface area contributed by atoms with Gasteiger partial charge in [-0.15, -0.1) is 0 Å². The van der Waals surface area contributed by atoms with E-state index in [-0.39, 0.29) is 6.04 Å². The first-order chi connectivity index (χ1) is 7.71. The molecule has 16 heavy (non-hydrogen) atoms. The molecule has 0 fully saturated rings. The molecule has 0 heterocycles. The van der Waals surface area contributed by atoms with Crippen LogP contribution in [0.25, 0.3) is 0 Å². The fourth-order valence-electron chi connectivity index (χ4n) is 1.97. The Hall–Kier alpha value is -1.02. The van der Waals surface area contributed by atoms with E-state index in [2.05, 4.69) is 26.0 Å². The molecular formula is C14H23NO. The molecule has 1 unspecified atom stereocenters. The molecule has 1 aromatic rings. The van der Waals surface area contributed by atoms with Gasteiger partial charge < -0.3 is 10.5 Å². The molecule has 0 aromatic heterocycles. The molecule has 2 N–H and O–H groups in total. The number of hydrogen-bond acceptors (Lipinski definition) is 2. The summed E-state index contributed by atoms with van der Waals surface area (Å²) in [7, 11) is 1.68. The molecule has 90 valence electrons. The average molecular weight is 221 g/mol. The lowest BCUT2D eigenvalue weighted by Gasteiger charge is -2.18. The molecule has 0 saturated carbocycles. The van der Waals surface area contributed by atoms with E-state index in [1.165, 1.54) is 18.4 Å². The summed E-state index contributed by atoms with van der Waals surface area (Å²) in [6.45, 7) is 4.46. The van der Waals surface area contributed by atoms with Crippen molar-refractivity contribution in [3.8, 4) is 5.75 Å². The maximum atomic E-state index is 6.20. The molecule has 0 saturated heterocycles. The van der Waals surface area contributed by atoms with Crippen LogP contribution in [0.2, 0.25) is 0 Å². The third-order valence-electron chi connectivity index (χ3n) is 3.29. The van der Waals surface area contributed by atoms with Gasteiger partial charge in [-0.3, -0.25) is 0 Å². The average Bonchev–Trinajstić information content (AvgIpc) is 2.35. The summed E-state index contributed by atoms with van der Waals surface area (Å²) in [6, 6.07) is 8.22. The van der Waals surface area contributed by atoms with Gasteiger partial charge in [-0.1, -0.05) is 38.8 Å². The molecule has 1 atom stereocenters. The van der Waals surface area contributed by atoms with Gasteiger partial charge in [-0.2, -0.15) is 0 Å². The first-order valence-electron chi connectivity index (χ1n) is 6.10. The van der Waals surface area contributed by atoms with Gasteiger partial charge in [0.25, 0.3) is 0 Å². The summed E-state index contributed by atoms with van der Waals surface area (Å²) >= 11 is 0.